The molecule has 2 unspecified atom stereocenters. The molecule has 1 aliphatic heterocycles. The highest BCUT2D eigenvalue weighted by atomic mass is 16.5. The first kappa shape index (κ1) is 7.51. The van der Waals surface area contributed by atoms with E-state index in [1.807, 2.05) is 18.2 Å². The first-order valence-corrected chi connectivity index (χ1v) is 4.81. The van der Waals surface area contributed by atoms with Crippen LogP contribution in [0.2, 0.25) is 0 Å². The van der Waals surface area contributed by atoms with Crippen LogP contribution in [-0.2, 0) is 9.53 Å². The molecule has 2 atom stereocenters. The predicted octanol–water partition coefficient (Wildman–Crippen LogP) is 1.48. The molecule has 2 nitrogen and oxygen atoms in total. The van der Waals surface area contributed by atoms with Gasteiger partial charge in [-0.05, 0) is 12.3 Å². The van der Waals surface area contributed by atoms with Crippen LogP contribution < -0.4 is 0 Å². The highest BCUT2D eigenvalue weighted by molar-refractivity contribution is 5.99. The minimum atomic E-state index is 0.141. The topological polar surface area (TPSA) is 26.3 Å². The van der Waals surface area contributed by atoms with Crippen molar-refractivity contribution >= 4 is 5.78 Å². The van der Waals surface area contributed by atoms with Gasteiger partial charge in [0.1, 0.15) is 0 Å². The van der Waals surface area contributed by atoms with Crippen molar-refractivity contribution in [3.05, 3.63) is 23.8 Å². The number of carbonyl (C=O) groups excluding carboxylic acids is 1. The highest BCUT2D eigenvalue weighted by Crippen LogP contribution is 2.62. The zero-order valence-corrected chi connectivity index (χ0v) is 7.45. The summed E-state index contributed by atoms with van der Waals surface area (Å²) in [6.45, 7) is 1.62. The van der Waals surface area contributed by atoms with Gasteiger partial charge >= 0.3 is 0 Å². The largest absolute Gasteiger partial charge is 0.380 e. The maximum absolute atomic E-state index is 11.6. The lowest BCUT2D eigenvalue weighted by atomic mass is 9.88. The summed E-state index contributed by atoms with van der Waals surface area (Å²) >= 11 is 0. The first-order valence-electron chi connectivity index (χ1n) is 4.81. The van der Waals surface area contributed by atoms with Crippen LogP contribution in [0.1, 0.15) is 12.8 Å². The van der Waals surface area contributed by atoms with Crippen molar-refractivity contribution in [2.45, 2.75) is 12.8 Å². The Morgan fingerprint density at radius 2 is 2.46 bits per heavy atom. The molecule has 1 heterocycles. The zero-order chi connectivity index (χ0) is 8.89. The molecule has 68 valence electrons. The molecule has 0 aromatic carbocycles. The SMILES string of the molecule is O=C1CC=CC=C1C12COCC1C2. The van der Waals surface area contributed by atoms with Crippen LogP contribution in [0.4, 0.5) is 0 Å². The summed E-state index contributed by atoms with van der Waals surface area (Å²) in [6, 6.07) is 0. The summed E-state index contributed by atoms with van der Waals surface area (Å²) in [5.74, 6) is 0.935. The van der Waals surface area contributed by atoms with Crippen LogP contribution in [0.15, 0.2) is 23.8 Å². The molecule has 1 saturated heterocycles. The van der Waals surface area contributed by atoms with Gasteiger partial charge < -0.3 is 4.74 Å². The van der Waals surface area contributed by atoms with Gasteiger partial charge in [0.25, 0.3) is 0 Å². The molecular formula is C11H12O2. The summed E-state index contributed by atoms with van der Waals surface area (Å²) in [7, 11) is 0. The molecule has 2 aliphatic carbocycles. The number of allylic oxidation sites excluding steroid dienone is 3. The van der Waals surface area contributed by atoms with E-state index in [2.05, 4.69) is 0 Å². The molecule has 3 aliphatic rings. The second-order valence-corrected chi connectivity index (χ2v) is 4.21. The zero-order valence-electron chi connectivity index (χ0n) is 7.45. The van der Waals surface area contributed by atoms with Gasteiger partial charge in [0.05, 0.1) is 13.2 Å². The van der Waals surface area contributed by atoms with Crippen molar-refractivity contribution in [3.8, 4) is 0 Å². The van der Waals surface area contributed by atoms with E-state index < -0.39 is 0 Å². The summed E-state index contributed by atoms with van der Waals surface area (Å²) in [6.07, 6.45) is 7.66. The number of ketones is 1. The second-order valence-electron chi connectivity index (χ2n) is 4.21. The molecule has 0 aromatic rings. The fourth-order valence-electron chi connectivity index (χ4n) is 2.55. The van der Waals surface area contributed by atoms with Gasteiger partial charge in [-0.3, -0.25) is 4.79 Å². The second kappa shape index (κ2) is 2.32. The van der Waals surface area contributed by atoms with Gasteiger partial charge in [-0.25, -0.2) is 0 Å². The summed E-state index contributed by atoms with van der Waals surface area (Å²) in [5.41, 5.74) is 1.17. The van der Waals surface area contributed by atoms with Crippen LogP contribution >= 0.6 is 0 Å². The molecule has 0 N–H and O–H groups in total. The van der Waals surface area contributed by atoms with Crippen LogP contribution in [0.25, 0.3) is 0 Å². The van der Waals surface area contributed by atoms with E-state index in [1.54, 1.807) is 0 Å². The van der Waals surface area contributed by atoms with Gasteiger partial charge in [-0.15, -0.1) is 0 Å². The number of Topliss-reactive ketones (excluding diaryl/α,β-unsaturated/α-hetero) is 1. The quantitative estimate of drug-likeness (QED) is 0.605. The fourth-order valence-corrected chi connectivity index (χ4v) is 2.55. The number of fused-ring (bicyclic) bond motifs is 1. The van der Waals surface area contributed by atoms with Crippen molar-refractivity contribution in [1.82, 2.24) is 0 Å². The monoisotopic (exact) mass is 176 g/mol. The van der Waals surface area contributed by atoms with Crippen molar-refractivity contribution < 1.29 is 9.53 Å². The van der Waals surface area contributed by atoms with E-state index in [-0.39, 0.29) is 5.41 Å². The van der Waals surface area contributed by atoms with Gasteiger partial charge in [-0.2, -0.15) is 0 Å². The Hall–Kier alpha value is -0.890. The van der Waals surface area contributed by atoms with Crippen LogP contribution in [-0.4, -0.2) is 19.0 Å². The smallest absolute Gasteiger partial charge is 0.163 e. The van der Waals surface area contributed by atoms with Crippen LogP contribution in [0.3, 0.4) is 0 Å². The molecule has 0 aromatic heterocycles. The third-order valence-corrected chi connectivity index (χ3v) is 3.45. The average molecular weight is 176 g/mol. The van der Waals surface area contributed by atoms with Crippen molar-refractivity contribution in [2.75, 3.05) is 13.2 Å². The third-order valence-electron chi connectivity index (χ3n) is 3.45. The van der Waals surface area contributed by atoms with Gasteiger partial charge in [0, 0.05) is 17.4 Å². The molecule has 2 heteroatoms. The maximum atomic E-state index is 11.6. The first-order chi connectivity index (χ1) is 6.33. The highest BCUT2D eigenvalue weighted by Gasteiger charge is 2.61. The van der Waals surface area contributed by atoms with E-state index >= 15 is 0 Å². The standard InChI is InChI=1S/C11H12O2/c12-10-4-2-1-3-9(10)11-5-8(11)6-13-7-11/h1-3,8H,4-7H2. The molecular weight excluding hydrogens is 164 g/mol. The summed E-state index contributed by atoms with van der Waals surface area (Å²) in [5, 5.41) is 0. The number of hydrogen-bond acceptors (Lipinski definition) is 2. The lowest BCUT2D eigenvalue weighted by Gasteiger charge is -2.15. The van der Waals surface area contributed by atoms with E-state index in [4.69, 9.17) is 4.74 Å². The average Bonchev–Trinajstić information content (AvgIpc) is 2.70. The van der Waals surface area contributed by atoms with E-state index in [9.17, 15) is 4.79 Å². The van der Waals surface area contributed by atoms with E-state index in [0.29, 0.717) is 18.1 Å². The predicted molar refractivity (Wildman–Crippen MR) is 48.2 cm³/mol. The van der Waals surface area contributed by atoms with E-state index in [0.717, 1.165) is 18.8 Å². The summed E-state index contributed by atoms with van der Waals surface area (Å²) < 4.78 is 5.39. The normalized spacial score (nSPS) is 41.7. The van der Waals surface area contributed by atoms with E-state index in [1.165, 1.54) is 6.42 Å². The molecule has 3 rings (SSSR count). The lowest BCUT2D eigenvalue weighted by Crippen LogP contribution is -2.18. The minimum Gasteiger partial charge on any atom is -0.380 e. The Kier molecular flexibility index (Phi) is 1.34. The molecule has 0 radical (unpaired) electrons. The Morgan fingerprint density at radius 1 is 1.54 bits per heavy atom. The molecule has 0 spiro atoms. The Morgan fingerprint density at radius 3 is 3.08 bits per heavy atom. The lowest BCUT2D eigenvalue weighted by molar-refractivity contribution is -0.115. The molecule has 1 saturated carbocycles. The van der Waals surface area contributed by atoms with Crippen LogP contribution in [0, 0.1) is 11.3 Å². The van der Waals surface area contributed by atoms with Crippen molar-refractivity contribution in [2.24, 2.45) is 11.3 Å². The van der Waals surface area contributed by atoms with Crippen molar-refractivity contribution in [3.63, 3.8) is 0 Å². The number of carbonyl (C=O) groups is 1. The van der Waals surface area contributed by atoms with Crippen molar-refractivity contribution in [1.29, 1.82) is 0 Å². The third kappa shape index (κ3) is 0.894. The number of ether oxygens (including phenoxy) is 1. The molecule has 2 fully saturated rings. The Labute approximate surface area is 77.3 Å². The Balaban J connectivity index is 1.96. The molecule has 13 heavy (non-hydrogen) atoms. The number of rotatable bonds is 1. The van der Waals surface area contributed by atoms with Gasteiger partial charge in [0.15, 0.2) is 5.78 Å². The molecule has 0 amide bonds. The molecule has 0 bridgehead atoms. The minimum absolute atomic E-state index is 0.141. The van der Waals surface area contributed by atoms with Crippen LogP contribution in [0.5, 0.6) is 0 Å². The van der Waals surface area contributed by atoms with Gasteiger partial charge in [0.2, 0.25) is 0 Å². The number of hydrogen-bond donors (Lipinski definition) is 0. The maximum Gasteiger partial charge on any atom is 0.163 e. The summed E-state index contributed by atoms with van der Waals surface area (Å²) in [4.78, 5) is 11.6. The van der Waals surface area contributed by atoms with Gasteiger partial charge in [-0.1, -0.05) is 18.2 Å². The Bertz CT molecular complexity index is 327. The fraction of sp³-hybridized carbons (Fsp3) is 0.545.